The Kier molecular flexibility index (Phi) is 10.4. The fourth-order valence-corrected chi connectivity index (χ4v) is 5.30. The Morgan fingerprint density at radius 3 is 2.44 bits per heavy atom. The molecule has 1 heterocycles. The van der Waals surface area contributed by atoms with Gasteiger partial charge in [-0.1, -0.05) is 24.3 Å². The van der Waals surface area contributed by atoms with Crippen LogP contribution < -0.4 is 10.6 Å². The van der Waals surface area contributed by atoms with Gasteiger partial charge < -0.3 is 10.6 Å². The first-order chi connectivity index (χ1) is 14.9. The second kappa shape index (κ2) is 12.5. The van der Waals surface area contributed by atoms with Crippen molar-refractivity contribution >= 4 is 40.0 Å². The zero-order chi connectivity index (χ0) is 22.3. The number of rotatable bonds is 7. The zero-order valence-electron chi connectivity index (χ0n) is 18.6. The number of hydrogen-bond acceptors (Lipinski definition) is 3. The maximum atomic E-state index is 13.2. The van der Waals surface area contributed by atoms with Crippen LogP contribution in [0.5, 0.6) is 0 Å². The third kappa shape index (κ3) is 7.14. The third-order valence-corrected chi connectivity index (χ3v) is 7.64. The van der Waals surface area contributed by atoms with E-state index in [1.54, 1.807) is 41.7 Å². The molecule has 2 aromatic carbocycles. The van der Waals surface area contributed by atoms with Crippen molar-refractivity contribution in [3.63, 3.8) is 0 Å². The molecule has 9 heteroatoms. The summed E-state index contributed by atoms with van der Waals surface area (Å²) in [5.41, 5.74) is 2.05. The van der Waals surface area contributed by atoms with Gasteiger partial charge in [0.05, 0.1) is 4.90 Å². The highest BCUT2D eigenvalue weighted by Crippen LogP contribution is 2.23. The largest absolute Gasteiger partial charge is 0.356 e. The van der Waals surface area contributed by atoms with Gasteiger partial charge in [-0.15, -0.1) is 24.0 Å². The highest BCUT2D eigenvalue weighted by molar-refractivity contribution is 14.0. The number of benzene rings is 2. The molecule has 0 bridgehead atoms. The predicted octanol–water partition coefficient (Wildman–Crippen LogP) is 3.56. The van der Waals surface area contributed by atoms with E-state index in [9.17, 15) is 12.8 Å². The van der Waals surface area contributed by atoms with E-state index in [0.29, 0.717) is 30.4 Å². The Bertz CT molecular complexity index is 994. The van der Waals surface area contributed by atoms with E-state index < -0.39 is 10.0 Å². The fourth-order valence-electron chi connectivity index (χ4n) is 3.81. The number of aryl methyl sites for hydroxylation is 1. The minimum absolute atomic E-state index is 0. The van der Waals surface area contributed by atoms with Gasteiger partial charge in [0.1, 0.15) is 5.82 Å². The summed E-state index contributed by atoms with van der Waals surface area (Å²) < 4.78 is 40.3. The van der Waals surface area contributed by atoms with E-state index in [4.69, 9.17) is 0 Å². The van der Waals surface area contributed by atoms with Crippen LogP contribution in [0.15, 0.2) is 58.4 Å². The van der Waals surface area contributed by atoms with Crippen LogP contribution in [0.4, 0.5) is 4.39 Å². The van der Waals surface area contributed by atoms with Gasteiger partial charge >= 0.3 is 0 Å². The summed E-state index contributed by atoms with van der Waals surface area (Å²) >= 11 is 0. The van der Waals surface area contributed by atoms with Crippen LogP contribution >= 0.6 is 24.0 Å². The number of nitrogens with zero attached hydrogens (tertiary/aromatic N) is 2. The van der Waals surface area contributed by atoms with Crippen molar-refractivity contribution in [2.75, 3.05) is 33.2 Å². The number of halogens is 2. The van der Waals surface area contributed by atoms with Gasteiger partial charge in [-0.25, -0.2) is 12.8 Å². The number of sulfonamides is 1. The molecule has 2 aromatic rings. The van der Waals surface area contributed by atoms with Gasteiger partial charge in [0.2, 0.25) is 10.0 Å². The van der Waals surface area contributed by atoms with Gasteiger partial charge in [0.25, 0.3) is 0 Å². The molecule has 0 spiro atoms. The van der Waals surface area contributed by atoms with E-state index in [-0.39, 0.29) is 29.8 Å². The standard InChI is InChI=1S/C23H31FN4O2S.HI/c1-18-16-21(24)9-8-20(18)10-13-26-23(25-2)27-17-19-11-14-28(15-12-19)31(29,30)22-6-4-3-5-7-22;/h3-9,16,19H,10-15,17H2,1-2H3,(H2,25,26,27);1H. The van der Waals surface area contributed by atoms with Crippen LogP contribution in [0.3, 0.4) is 0 Å². The predicted molar refractivity (Wildman–Crippen MR) is 138 cm³/mol. The van der Waals surface area contributed by atoms with Crippen molar-refractivity contribution in [2.24, 2.45) is 10.9 Å². The molecule has 0 radical (unpaired) electrons. The first kappa shape index (κ1) is 26.5. The summed E-state index contributed by atoms with van der Waals surface area (Å²) in [5.74, 6) is 0.897. The first-order valence-electron chi connectivity index (χ1n) is 10.6. The Labute approximate surface area is 207 Å². The summed E-state index contributed by atoms with van der Waals surface area (Å²) in [4.78, 5) is 4.62. The van der Waals surface area contributed by atoms with Gasteiger partial charge in [-0.05, 0) is 67.5 Å². The van der Waals surface area contributed by atoms with E-state index >= 15 is 0 Å². The lowest BCUT2D eigenvalue weighted by Crippen LogP contribution is -2.44. The SMILES string of the molecule is CN=C(NCCc1ccc(F)cc1C)NCC1CCN(S(=O)(=O)c2ccccc2)CC1.I. The molecule has 0 amide bonds. The molecule has 176 valence electrons. The third-order valence-electron chi connectivity index (χ3n) is 5.73. The highest BCUT2D eigenvalue weighted by Gasteiger charge is 2.29. The molecule has 1 aliphatic heterocycles. The summed E-state index contributed by atoms with van der Waals surface area (Å²) in [7, 11) is -1.68. The van der Waals surface area contributed by atoms with Gasteiger partial charge in [-0.3, -0.25) is 4.99 Å². The lowest BCUT2D eigenvalue weighted by molar-refractivity contribution is 0.273. The second-order valence-electron chi connectivity index (χ2n) is 7.86. The van der Waals surface area contributed by atoms with E-state index in [0.717, 1.165) is 42.9 Å². The smallest absolute Gasteiger partial charge is 0.243 e. The van der Waals surface area contributed by atoms with Crippen molar-refractivity contribution in [2.45, 2.75) is 31.1 Å². The van der Waals surface area contributed by atoms with E-state index in [2.05, 4.69) is 15.6 Å². The number of guanidine groups is 1. The Morgan fingerprint density at radius 2 is 1.81 bits per heavy atom. The Balaban J connectivity index is 0.00000363. The number of aliphatic imine (C=N–C) groups is 1. The first-order valence-corrected chi connectivity index (χ1v) is 12.1. The fraction of sp³-hybridized carbons (Fsp3) is 0.435. The Hall–Kier alpha value is -1.72. The second-order valence-corrected chi connectivity index (χ2v) is 9.80. The van der Waals surface area contributed by atoms with Crippen LogP contribution in [0.2, 0.25) is 0 Å². The summed E-state index contributed by atoms with van der Waals surface area (Å²) in [6.45, 7) is 4.41. The van der Waals surface area contributed by atoms with Crippen LogP contribution in [0.25, 0.3) is 0 Å². The molecule has 3 rings (SSSR count). The number of hydrogen-bond donors (Lipinski definition) is 2. The monoisotopic (exact) mass is 574 g/mol. The molecule has 0 aliphatic carbocycles. The average Bonchev–Trinajstić information content (AvgIpc) is 2.78. The normalized spacial score (nSPS) is 15.8. The maximum Gasteiger partial charge on any atom is 0.243 e. The molecule has 1 saturated heterocycles. The number of nitrogens with one attached hydrogen (secondary N) is 2. The van der Waals surface area contributed by atoms with Crippen molar-refractivity contribution in [1.82, 2.24) is 14.9 Å². The average molecular weight is 575 g/mol. The minimum atomic E-state index is -3.41. The van der Waals surface area contributed by atoms with E-state index in [1.807, 2.05) is 19.1 Å². The minimum Gasteiger partial charge on any atom is -0.356 e. The van der Waals surface area contributed by atoms with Crippen molar-refractivity contribution in [1.29, 1.82) is 0 Å². The van der Waals surface area contributed by atoms with Crippen LogP contribution in [0, 0.1) is 18.7 Å². The molecule has 1 aliphatic rings. The molecule has 0 aromatic heterocycles. The summed E-state index contributed by atoms with van der Waals surface area (Å²) in [6.07, 6.45) is 2.40. The van der Waals surface area contributed by atoms with Gasteiger partial charge in [0, 0.05) is 33.2 Å². The molecule has 6 nitrogen and oxygen atoms in total. The molecule has 0 unspecified atom stereocenters. The van der Waals surface area contributed by atoms with Gasteiger partial charge in [-0.2, -0.15) is 4.31 Å². The molecule has 0 saturated carbocycles. The maximum absolute atomic E-state index is 13.2. The zero-order valence-corrected chi connectivity index (χ0v) is 21.7. The Morgan fingerprint density at radius 1 is 1.12 bits per heavy atom. The number of piperidine rings is 1. The van der Waals surface area contributed by atoms with Crippen LogP contribution in [0.1, 0.15) is 24.0 Å². The molecule has 2 N–H and O–H groups in total. The highest BCUT2D eigenvalue weighted by atomic mass is 127. The van der Waals surface area contributed by atoms with Crippen LogP contribution in [-0.4, -0.2) is 51.9 Å². The van der Waals surface area contributed by atoms with Crippen molar-refractivity contribution in [3.8, 4) is 0 Å². The summed E-state index contributed by atoms with van der Waals surface area (Å²) in [6, 6.07) is 13.5. The van der Waals surface area contributed by atoms with Crippen molar-refractivity contribution < 1.29 is 12.8 Å². The van der Waals surface area contributed by atoms with Gasteiger partial charge in [0.15, 0.2) is 5.96 Å². The quantitative estimate of drug-likeness (QED) is 0.302. The summed E-state index contributed by atoms with van der Waals surface area (Å²) in [5, 5.41) is 6.64. The van der Waals surface area contributed by atoms with E-state index in [1.165, 1.54) is 6.07 Å². The lowest BCUT2D eigenvalue weighted by atomic mass is 9.98. The van der Waals surface area contributed by atoms with Crippen LogP contribution in [-0.2, 0) is 16.4 Å². The lowest BCUT2D eigenvalue weighted by Gasteiger charge is -2.31. The topological polar surface area (TPSA) is 73.8 Å². The van der Waals surface area contributed by atoms with Crippen molar-refractivity contribution in [3.05, 3.63) is 65.5 Å². The molecular formula is C23H32FIN4O2S. The molecule has 32 heavy (non-hydrogen) atoms. The molecule has 1 fully saturated rings. The molecule has 0 atom stereocenters. The molecular weight excluding hydrogens is 542 g/mol.